The van der Waals surface area contributed by atoms with Gasteiger partial charge in [0, 0.05) is 17.2 Å². The van der Waals surface area contributed by atoms with E-state index in [1.54, 1.807) is 24.3 Å². The predicted molar refractivity (Wildman–Crippen MR) is 81.9 cm³/mol. The molecule has 2 heteroatoms. The van der Waals surface area contributed by atoms with Crippen LogP contribution in [0.2, 0.25) is 0 Å². The normalized spacial score (nSPS) is 11.7. The first-order valence-electron chi connectivity index (χ1n) is 6.68. The standard InChI is InChI=1S/C18H18O2/c1-13(2)14-8-10-16(11-9-14)18(20)12-17(19)15-6-4-3-5-7-15/h3-13,19H,1-2H3. The van der Waals surface area contributed by atoms with Gasteiger partial charge in [-0.15, -0.1) is 0 Å². The third-order valence-electron chi connectivity index (χ3n) is 3.20. The zero-order chi connectivity index (χ0) is 14.5. The van der Waals surface area contributed by atoms with Crippen LogP contribution in [0.25, 0.3) is 5.76 Å². The van der Waals surface area contributed by atoms with Crippen molar-refractivity contribution in [1.82, 2.24) is 0 Å². The number of allylic oxidation sites excluding steroid dienone is 1. The molecule has 2 aromatic rings. The van der Waals surface area contributed by atoms with Gasteiger partial charge in [0.25, 0.3) is 0 Å². The van der Waals surface area contributed by atoms with Crippen LogP contribution >= 0.6 is 0 Å². The summed E-state index contributed by atoms with van der Waals surface area (Å²) in [5.41, 5.74) is 2.41. The van der Waals surface area contributed by atoms with Crippen LogP contribution in [-0.2, 0) is 0 Å². The van der Waals surface area contributed by atoms with Crippen molar-refractivity contribution in [3.63, 3.8) is 0 Å². The Balaban J connectivity index is 2.19. The Bertz CT molecular complexity index is 608. The van der Waals surface area contributed by atoms with E-state index in [9.17, 15) is 9.90 Å². The molecule has 2 nitrogen and oxygen atoms in total. The van der Waals surface area contributed by atoms with Gasteiger partial charge in [0.05, 0.1) is 0 Å². The molecule has 0 bridgehead atoms. The Labute approximate surface area is 119 Å². The largest absolute Gasteiger partial charge is 0.507 e. The highest BCUT2D eigenvalue weighted by Crippen LogP contribution is 2.16. The lowest BCUT2D eigenvalue weighted by Crippen LogP contribution is -1.97. The molecule has 2 aromatic carbocycles. The molecule has 0 aliphatic rings. The summed E-state index contributed by atoms with van der Waals surface area (Å²) in [6.07, 6.45) is 1.26. The second-order valence-corrected chi connectivity index (χ2v) is 5.04. The fourth-order valence-corrected chi connectivity index (χ4v) is 1.93. The molecule has 1 N–H and O–H groups in total. The summed E-state index contributed by atoms with van der Waals surface area (Å²) in [5, 5.41) is 9.94. The van der Waals surface area contributed by atoms with E-state index in [4.69, 9.17) is 0 Å². The molecule has 102 valence electrons. The number of carbonyl (C=O) groups excluding carboxylic acids is 1. The molecule has 0 aliphatic carbocycles. The first kappa shape index (κ1) is 14.1. The Kier molecular flexibility index (Phi) is 4.36. The Hall–Kier alpha value is -2.35. The molecule has 0 spiro atoms. The molecule has 0 unspecified atom stereocenters. The first-order chi connectivity index (χ1) is 9.58. The second kappa shape index (κ2) is 6.20. The Morgan fingerprint density at radius 1 is 0.950 bits per heavy atom. The highest BCUT2D eigenvalue weighted by Gasteiger charge is 2.07. The van der Waals surface area contributed by atoms with Gasteiger partial charge in [-0.05, 0) is 11.5 Å². The van der Waals surface area contributed by atoms with Gasteiger partial charge in [0.1, 0.15) is 5.76 Å². The zero-order valence-electron chi connectivity index (χ0n) is 11.7. The molecule has 0 saturated carbocycles. The molecule has 0 heterocycles. The Morgan fingerprint density at radius 2 is 1.55 bits per heavy atom. The van der Waals surface area contributed by atoms with Crippen molar-refractivity contribution in [2.75, 3.05) is 0 Å². The molecule has 2 rings (SSSR count). The Morgan fingerprint density at radius 3 is 2.10 bits per heavy atom. The van der Waals surface area contributed by atoms with Crippen molar-refractivity contribution in [2.45, 2.75) is 19.8 Å². The fraction of sp³-hybridized carbons (Fsp3) is 0.167. The summed E-state index contributed by atoms with van der Waals surface area (Å²) < 4.78 is 0. The molecule has 0 amide bonds. The van der Waals surface area contributed by atoms with Crippen LogP contribution in [0.1, 0.15) is 41.3 Å². The molecule has 0 aliphatic heterocycles. The number of hydrogen-bond donors (Lipinski definition) is 1. The van der Waals surface area contributed by atoms with Crippen molar-refractivity contribution in [3.8, 4) is 0 Å². The minimum Gasteiger partial charge on any atom is -0.507 e. The summed E-state index contributed by atoms with van der Waals surface area (Å²) in [7, 11) is 0. The van der Waals surface area contributed by atoms with Gasteiger partial charge in [-0.25, -0.2) is 0 Å². The molecule has 0 fully saturated rings. The smallest absolute Gasteiger partial charge is 0.189 e. The lowest BCUT2D eigenvalue weighted by molar-refractivity contribution is 0.104. The quantitative estimate of drug-likeness (QED) is 0.499. The molecule has 0 radical (unpaired) electrons. The third-order valence-corrected chi connectivity index (χ3v) is 3.20. The average Bonchev–Trinajstić information content (AvgIpc) is 2.48. The number of aliphatic hydroxyl groups excluding tert-OH is 1. The number of hydrogen-bond acceptors (Lipinski definition) is 2. The molecular weight excluding hydrogens is 248 g/mol. The van der Waals surface area contributed by atoms with Crippen LogP contribution in [0.3, 0.4) is 0 Å². The van der Waals surface area contributed by atoms with E-state index in [2.05, 4.69) is 13.8 Å². The van der Waals surface area contributed by atoms with E-state index in [-0.39, 0.29) is 11.5 Å². The molecule has 0 saturated heterocycles. The first-order valence-corrected chi connectivity index (χ1v) is 6.68. The monoisotopic (exact) mass is 266 g/mol. The summed E-state index contributed by atoms with van der Waals surface area (Å²) >= 11 is 0. The minimum absolute atomic E-state index is 0.0106. The third kappa shape index (κ3) is 3.35. The van der Waals surface area contributed by atoms with Crippen LogP contribution in [0.15, 0.2) is 60.7 Å². The number of ketones is 1. The van der Waals surface area contributed by atoms with Gasteiger partial charge < -0.3 is 5.11 Å². The van der Waals surface area contributed by atoms with Gasteiger partial charge in [-0.2, -0.15) is 0 Å². The molecular formula is C18H18O2. The van der Waals surface area contributed by atoms with E-state index in [1.807, 2.05) is 30.3 Å². The topological polar surface area (TPSA) is 37.3 Å². The van der Waals surface area contributed by atoms with Crippen LogP contribution in [-0.4, -0.2) is 10.9 Å². The summed E-state index contributed by atoms with van der Waals surface area (Å²) in [6, 6.07) is 16.5. The summed E-state index contributed by atoms with van der Waals surface area (Å²) in [6.45, 7) is 4.22. The summed E-state index contributed by atoms with van der Waals surface area (Å²) in [5.74, 6) is 0.234. The van der Waals surface area contributed by atoms with E-state index in [1.165, 1.54) is 11.6 Å². The van der Waals surface area contributed by atoms with Gasteiger partial charge in [0.2, 0.25) is 0 Å². The SMILES string of the molecule is CC(C)c1ccc(C(=O)C=C(O)c2ccccc2)cc1. The van der Waals surface area contributed by atoms with E-state index in [0.717, 1.165) is 0 Å². The second-order valence-electron chi connectivity index (χ2n) is 5.04. The molecule has 20 heavy (non-hydrogen) atoms. The maximum Gasteiger partial charge on any atom is 0.189 e. The van der Waals surface area contributed by atoms with Crippen molar-refractivity contribution in [2.24, 2.45) is 0 Å². The number of benzene rings is 2. The molecule has 0 atom stereocenters. The number of carbonyl (C=O) groups is 1. The van der Waals surface area contributed by atoms with E-state index in [0.29, 0.717) is 17.0 Å². The molecule has 0 aromatic heterocycles. The van der Waals surface area contributed by atoms with Crippen LogP contribution in [0.5, 0.6) is 0 Å². The maximum absolute atomic E-state index is 12.1. The van der Waals surface area contributed by atoms with Gasteiger partial charge in [0.15, 0.2) is 5.78 Å². The predicted octanol–water partition coefficient (Wildman–Crippen LogP) is 4.59. The minimum atomic E-state index is -0.193. The summed E-state index contributed by atoms with van der Waals surface area (Å²) in [4.78, 5) is 12.1. The van der Waals surface area contributed by atoms with E-state index >= 15 is 0 Å². The maximum atomic E-state index is 12.1. The highest BCUT2D eigenvalue weighted by atomic mass is 16.3. The van der Waals surface area contributed by atoms with Gasteiger partial charge in [-0.3, -0.25) is 4.79 Å². The van der Waals surface area contributed by atoms with Gasteiger partial charge >= 0.3 is 0 Å². The fourth-order valence-electron chi connectivity index (χ4n) is 1.93. The lowest BCUT2D eigenvalue weighted by Gasteiger charge is -2.05. The number of rotatable bonds is 4. The average molecular weight is 266 g/mol. The van der Waals surface area contributed by atoms with Gasteiger partial charge in [-0.1, -0.05) is 68.4 Å². The van der Waals surface area contributed by atoms with Crippen molar-refractivity contribution in [1.29, 1.82) is 0 Å². The van der Waals surface area contributed by atoms with Crippen LogP contribution < -0.4 is 0 Å². The van der Waals surface area contributed by atoms with Crippen molar-refractivity contribution in [3.05, 3.63) is 77.4 Å². The van der Waals surface area contributed by atoms with Crippen molar-refractivity contribution < 1.29 is 9.90 Å². The number of aliphatic hydroxyl groups is 1. The van der Waals surface area contributed by atoms with Crippen molar-refractivity contribution >= 4 is 11.5 Å². The van der Waals surface area contributed by atoms with Crippen LogP contribution in [0, 0.1) is 0 Å². The van der Waals surface area contributed by atoms with Crippen LogP contribution in [0.4, 0.5) is 0 Å². The zero-order valence-corrected chi connectivity index (χ0v) is 11.7. The highest BCUT2D eigenvalue weighted by molar-refractivity contribution is 6.07. The lowest BCUT2D eigenvalue weighted by atomic mass is 10.00. The van der Waals surface area contributed by atoms with E-state index < -0.39 is 0 Å².